The smallest absolute Gasteiger partial charge is 0.268 e. The molecule has 0 aromatic rings. The van der Waals surface area contributed by atoms with Gasteiger partial charge in [-0.25, -0.2) is 0 Å². The Balaban J connectivity index is 4.71. The third-order valence-corrected chi connectivity index (χ3v) is 8.52. The lowest BCUT2D eigenvalue weighted by atomic mass is 10.1. The molecule has 10 heteroatoms. The highest BCUT2D eigenvalue weighted by atomic mass is 16.2. The number of hydrogen-bond acceptors (Lipinski definition) is 9. The third-order valence-electron chi connectivity index (χ3n) is 8.52. The highest BCUT2D eigenvalue weighted by Gasteiger charge is 2.11. The minimum atomic E-state index is -0.385. The second kappa shape index (κ2) is 35.0. The first-order chi connectivity index (χ1) is 24.8. The fourth-order valence-electron chi connectivity index (χ4n) is 5.59. The highest BCUT2D eigenvalue weighted by molar-refractivity contribution is 5.94. The van der Waals surface area contributed by atoms with Gasteiger partial charge in [0.1, 0.15) is 11.8 Å². The van der Waals surface area contributed by atoms with Gasteiger partial charge in [-0.05, 0) is 122 Å². The molecule has 0 saturated heterocycles. The Kier molecular flexibility index (Phi) is 32.6. The van der Waals surface area contributed by atoms with Crippen molar-refractivity contribution >= 4 is 12.1 Å². The molecule has 0 saturated carbocycles. The number of aliphatic imine (C=N–C) groups is 1. The topological polar surface area (TPSA) is 146 Å². The fourth-order valence-corrected chi connectivity index (χ4v) is 5.59. The zero-order valence-corrected chi connectivity index (χ0v) is 32.9. The number of amides is 1. The number of rotatable bonds is 34. The van der Waals surface area contributed by atoms with Crippen LogP contribution in [0, 0.1) is 28.6 Å². The minimum Gasteiger partial charge on any atom is -0.393 e. The predicted octanol–water partition coefficient (Wildman–Crippen LogP) is 6.61. The summed E-state index contributed by atoms with van der Waals surface area (Å²) >= 11 is 0. The van der Waals surface area contributed by atoms with Crippen molar-refractivity contribution in [2.24, 2.45) is 16.6 Å². The number of nitrogens with two attached hydrogens (primary N) is 1. The molecule has 0 spiro atoms. The van der Waals surface area contributed by atoms with Crippen molar-refractivity contribution in [2.45, 2.75) is 111 Å². The van der Waals surface area contributed by atoms with Crippen LogP contribution < -0.4 is 21.7 Å². The number of carbonyl (C=O) groups is 1. The molecule has 1 amide bonds. The van der Waals surface area contributed by atoms with E-state index in [9.17, 15) is 10.1 Å². The molecule has 5 N–H and O–H groups in total. The Labute approximate surface area is 312 Å². The second-order valence-corrected chi connectivity index (χ2v) is 13.7. The lowest BCUT2D eigenvalue weighted by Crippen LogP contribution is -2.34. The number of allylic oxidation sites excluding steroid dienone is 5. The molecular formula is C41H73N9O. The van der Waals surface area contributed by atoms with Crippen LogP contribution >= 0.6 is 0 Å². The third kappa shape index (κ3) is 29.9. The quantitative estimate of drug-likeness (QED) is 0.0192. The predicted molar refractivity (Wildman–Crippen MR) is 216 cm³/mol. The molecule has 0 aromatic carbocycles. The van der Waals surface area contributed by atoms with Gasteiger partial charge in [0.2, 0.25) is 0 Å². The summed E-state index contributed by atoms with van der Waals surface area (Å²) in [6.45, 7) is 20.1. The minimum absolute atomic E-state index is 0.0215. The lowest BCUT2D eigenvalue weighted by Gasteiger charge is -2.23. The summed E-state index contributed by atoms with van der Waals surface area (Å²) in [5, 5.41) is 27.6. The summed E-state index contributed by atoms with van der Waals surface area (Å²) in [6, 6.07) is 4.13. The standard InChI is InChI=1S/C41H73N9O/c1-6-29-49(32-19-25-45-5)30-17-10-8-7-9-11-18-31-50(33-20-27-47-38(4)36-46-26-16-12-15-24-42)34-21-28-48-41(51)40(44)39(35-43)23-14-13-22-37(2)3/h12,14,16,23,26,37,45,47H,4,6-11,13,15,17-22,25,27-34,36,44H2,1-3,5H3,(H,48,51)/b16-12-,23-14-,40-39+,46-26?. The molecule has 0 heterocycles. The Morgan fingerprint density at radius 2 is 1.41 bits per heavy atom. The van der Waals surface area contributed by atoms with E-state index < -0.39 is 0 Å². The van der Waals surface area contributed by atoms with Crippen molar-refractivity contribution in [3.05, 3.63) is 47.9 Å². The van der Waals surface area contributed by atoms with Crippen LogP contribution in [0.4, 0.5) is 0 Å². The molecule has 0 radical (unpaired) electrons. The van der Waals surface area contributed by atoms with Gasteiger partial charge >= 0.3 is 0 Å². The van der Waals surface area contributed by atoms with Gasteiger partial charge in [-0.3, -0.25) is 9.79 Å². The fraction of sp³-hybridized carbons (Fsp3) is 0.707. The Morgan fingerprint density at radius 3 is 1.98 bits per heavy atom. The molecule has 0 aliphatic rings. The molecule has 51 heavy (non-hydrogen) atoms. The normalized spacial score (nSPS) is 12.3. The summed E-state index contributed by atoms with van der Waals surface area (Å²) < 4.78 is 0. The van der Waals surface area contributed by atoms with E-state index in [0.29, 0.717) is 25.4 Å². The summed E-state index contributed by atoms with van der Waals surface area (Å²) in [7, 11) is 2.03. The van der Waals surface area contributed by atoms with E-state index in [4.69, 9.17) is 11.0 Å². The van der Waals surface area contributed by atoms with E-state index in [-0.39, 0.29) is 17.2 Å². The van der Waals surface area contributed by atoms with Crippen LogP contribution in [0.25, 0.3) is 0 Å². The molecule has 0 unspecified atom stereocenters. The Morgan fingerprint density at radius 1 is 0.843 bits per heavy atom. The molecule has 0 aromatic heterocycles. The van der Waals surface area contributed by atoms with Crippen molar-refractivity contribution in [1.82, 2.24) is 25.8 Å². The van der Waals surface area contributed by atoms with Crippen LogP contribution in [-0.4, -0.2) is 94.4 Å². The van der Waals surface area contributed by atoms with Gasteiger partial charge in [-0.2, -0.15) is 10.5 Å². The number of nitrogens with one attached hydrogen (secondary N) is 3. The van der Waals surface area contributed by atoms with E-state index in [0.717, 1.165) is 64.1 Å². The van der Waals surface area contributed by atoms with E-state index in [1.54, 1.807) is 24.4 Å². The van der Waals surface area contributed by atoms with Crippen LogP contribution in [0.1, 0.15) is 111 Å². The second-order valence-electron chi connectivity index (χ2n) is 13.7. The zero-order chi connectivity index (χ0) is 37.8. The number of nitriles is 2. The molecule has 0 aliphatic heterocycles. The van der Waals surface area contributed by atoms with E-state index >= 15 is 0 Å². The van der Waals surface area contributed by atoms with E-state index in [2.05, 4.69) is 70.2 Å². The average molecular weight is 708 g/mol. The van der Waals surface area contributed by atoms with Crippen LogP contribution in [0.15, 0.2) is 52.8 Å². The monoisotopic (exact) mass is 708 g/mol. The van der Waals surface area contributed by atoms with E-state index in [1.807, 2.05) is 13.1 Å². The first-order valence-corrected chi connectivity index (χ1v) is 19.7. The molecule has 0 aliphatic carbocycles. The van der Waals surface area contributed by atoms with Gasteiger partial charge in [0.25, 0.3) is 5.91 Å². The molecule has 0 atom stereocenters. The SMILES string of the molecule is C=C(CN=C/C=C\CC#N)NCCCN(CCCCCCCCCN(CCC)CCCNC)CCCNC(=O)/C(N)=C(C#N)/C=C\CCC(C)C. The summed E-state index contributed by atoms with van der Waals surface area (Å²) in [6.07, 6.45) is 24.2. The van der Waals surface area contributed by atoms with Gasteiger partial charge in [0.15, 0.2) is 0 Å². The number of unbranched alkanes of at least 4 members (excludes halogenated alkanes) is 6. The van der Waals surface area contributed by atoms with Crippen molar-refractivity contribution in [3.8, 4) is 12.1 Å². The molecule has 0 bridgehead atoms. The first-order valence-electron chi connectivity index (χ1n) is 19.7. The molecule has 0 rings (SSSR count). The molecule has 288 valence electrons. The van der Waals surface area contributed by atoms with Gasteiger partial charge in [0.05, 0.1) is 24.6 Å². The zero-order valence-electron chi connectivity index (χ0n) is 32.9. The summed E-state index contributed by atoms with van der Waals surface area (Å²) in [5.41, 5.74) is 7.11. The average Bonchev–Trinajstić information content (AvgIpc) is 3.11. The summed E-state index contributed by atoms with van der Waals surface area (Å²) in [5.74, 6) is 0.194. The Bertz CT molecular complexity index is 1100. The van der Waals surface area contributed by atoms with Crippen molar-refractivity contribution in [2.75, 3.05) is 72.5 Å². The maximum atomic E-state index is 12.7. The van der Waals surface area contributed by atoms with Gasteiger partial charge in [-0.1, -0.05) is 71.6 Å². The highest BCUT2D eigenvalue weighted by Crippen LogP contribution is 2.10. The number of hydrogen-bond donors (Lipinski definition) is 4. The Hall–Kier alpha value is -3.44. The van der Waals surface area contributed by atoms with Crippen LogP contribution in [0.5, 0.6) is 0 Å². The van der Waals surface area contributed by atoms with Gasteiger partial charge in [0, 0.05) is 25.0 Å². The molecule has 10 nitrogen and oxygen atoms in total. The van der Waals surface area contributed by atoms with Gasteiger partial charge < -0.3 is 31.5 Å². The number of nitrogens with zero attached hydrogens (tertiary/aromatic N) is 5. The van der Waals surface area contributed by atoms with E-state index in [1.165, 1.54) is 77.4 Å². The maximum absolute atomic E-state index is 12.7. The van der Waals surface area contributed by atoms with Crippen molar-refractivity contribution in [3.63, 3.8) is 0 Å². The lowest BCUT2D eigenvalue weighted by molar-refractivity contribution is -0.117. The summed E-state index contributed by atoms with van der Waals surface area (Å²) in [4.78, 5) is 22.1. The van der Waals surface area contributed by atoms with Crippen molar-refractivity contribution in [1.29, 1.82) is 10.5 Å². The van der Waals surface area contributed by atoms with Crippen LogP contribution in [-0.2, 0) is 4.79 Å². The maximum Gasteiger partial charge on any atom is 0.268 e. The number of carbonyl (C=O) groups excluding carboxylic acids is 1. The van der Waals surface area contributed by atoms with Gasteiger partial charge in [-0.15, -0.1) is 0 Å². The van der Waals surface area contributed by atoms with Crippen molar-refractivity contribution < 1.29 is 4.79 Å². The largest absolute Gasteiger partial charge is 0.393 e. The molecule has 0 fully saturated rings. The van der Waals surface area contributed by atoms with Crippen LogP contribution in [0.3, 0.4) is 0 Å². The van der Waals surface area contributed by atoms with Crippen LogP contribution in [0.2, 0.25) is 0 Å². The first kappa shape index (κ1) is 47.6. The molecular weight excluding hydrogens is 635 g/mol.